The van der Waals surface area contributed by atoms with Gasteiger partial charge < -0.3 is 9.84 Å². The zero-order valence-electron chi connectivity index (χ0n) is 11.1. The molecule has 2 rings (SSSR count). The first-order valence-electron chi connectivity index (χ1n) is 6.41. The van der Waals surface area contributed by atoms with Crippen LogP contribution in [0.2, 0.25) is 0 Å². The maximum Gasteiger partial charge on any atom is 0.411 e. The molecule has 0 bridgehead atoms. The molecule has 1 unspecified atom stereocenters. The summed E-state index contributed by atoms with van der Waals surface area (Å²) in [6.45, 7) is 3.98. The predicted octanol–water partition coefficient (Wildman–Crippen LogP) is 2.53. The van der Waals surface area contributed by atoms with Crippen molar-refractivity contribution in [3.05, 3.63) is 35.0 Å². The van der Waals surface area contributed by atoms with Gasteiger partial charge in [0.15, 0.2) is 0 Å². The monoisotopic (exact) mass is 295 g/mol. The number of carbonyl (C=O) groups excluding carboxylic acids is 1. The maximum absolute atomic E-state index is 12.0. The minimum Gasteiger partial charge on any atom is -0.479 e. The fraction of sp³-hybridized carbons (Fsp3) is 0.429. The van der Waals surface area contributed by atoms with Gasteiger partial charge in [0.05, 0.1) is 0 Å². The molecule has 0 aromatic carbocycles. The van der Waals surface area contributed by atoms with E-state index in [2.05, 4.69) is 6.58 Å². The first-order valence-corrected chi connectivity index (χ1v) is 7.29. The summed E-state index contributed by atoms with van der Waals surface area (Å²) in [6, 6.07) is 3.77. The van der Waals surface area contributed by atoms with Crippen LogP contribution in [0.5, 0.6) is 0 Å². The van der Waals surface area contributed by atoms with Gasteiger partial charge in [0.1, 0.15) is 12.1 Å². The summed E-state index contributed by atoms with van der Waals surface area (Å²) in [5, 5.41) is 11.5. The lowest BCUT2D eigenvalue weighted by atomic mass is 9.91. The highest BCUT2D eigenvalue weighted by molar-refractivity contribution is 7.09. The SMILES string of the molecule is C=CCOC(=O)N1CCCC1(Cc1cccs1)C(=O)O. The van der Waals surface area contributed by atoms with Crippen molar-refractivity contribution in [2.45, 2.75) is 24.8 Å². The molecule has 2 heterocycles. The molecule has 1 aliphatic heterocycles. The summed E-state index contributed by atoms with van der Waals surface area (Å²) in [4.78, 5) is 26.1. The third-order valence-corrected chi connectivity index (χ3v) is 4.36. The number of likely N-dealkylation sites (tertiary alicyclic amines) is 1. The second-order valence-corrected chi connectivity index (χ2v) is 5.75. The molecule has 1 amide bonds. The fourth-order valence-corrected chi connectivity index (χ4v) is 3.35. The fourth-order valence-electron chi connectivity index (χ4n) is 2.54. The lowest BCUT2D eigenvalue weighted by Gasteiger charge is -2.33. The van der Waals surface area contributed by atoms with E-state index >= 15 is 0 Å². The van der Waals surface area contributed by atoms with E-state index in [0.29, 0.717) is 25.8 Å². The summed E-state index contributed by atoms with van der Waals surface area (Å²) in [5.74, 6) is -0.973. The molecule has 1 aromatic heterocycles. The number of ether oxygens (including phenoxy) is 1. The average molecular weight is 295 g/mol. The molecule has 1 aromatic rings. The van der Waals surface area contributed by atoms with Crippen molar-refractivity contribution < 1.29 is 19.4 Å². The van der Waals surface area contributed by atoms with Gasteiger partial charge >= 0.3 is 12.1 Å². The zero-order chi connectivity index (χ0) is 14.6. The Morgan fingerprint density at radius 1 is 1.60 bits per heavy atom. The summed E-state index contributed by atoms with van der Waals surface area (Å²) in [6.07, 6.45) is 2.32. The van der Waals surface area contributed by atoms with Crippen LogP contribution in [0.25, 0.3) is 0 Å². The van der Waals surface area contributed by atoms with Crippen LogP contribution < -0.4 is 0 Å². The largest absolute Gasteiger partial charge is 0.479 e. The highest BCUT2D eigenvalue weighted by Gasteiger charge is 2.50. The molecule has 1 atom stereocenters. The molecule has 0 saturated carbocycles. The van der Waals surface area contributed by atoms with Crippen LogP contribution in [0, 0.1) is 0 Å². The number of carbonyl (C=O) groups is 2. The molecule has 108 valence electrons. The second-order valence-electron chi connectivity index (χ2n) is 4.71. The van der Waals surface area contributed by atoms with Crippen LogP contribution in [0.3, 0.4) is 0 Å². The molecular weight excluding hydrogens is 278 g/mol. The third kappa shape index (κ3) is 2.70. The van der Waals surface area contributed by atoms with Gasteiger partial charge in [-0.1, -0.05) is 18.7 Å². The van der Waals surface area contributed by atoms with Crippen LogP contribution in [0.4, 0.5) is 4.79 Å². The van der Waals surface area contributed by atoms with Crippen molar-refractivity contribution in [3.8, 4) is 0 Å². The van der Waals surface area contributed by atoms with Crippen molar-refractivity contribution >= 4 is 23.4 Å². The first-order chi connectivity index (χ1) is 9.60. The van der Waals surface area contributed by atoms with Crippen LogP contribution in [-0.2, 0) is 16.0 Å². The number of carboxylic acid groups (broad SMARTS) is 1. The van der Waals surface area contributed by atoms with Gasteiger partial charge in [-0.25, -0.2) is 9.59 Å². The van der Waals surface area contributed by atoms with Gasteiger partial charge in [-0.15, -0.1) is 11.3 Å². The van der Waals surface area contributed by atoms with Crippen LogP contribution in [0.15, 0.2) is 30.2 Å². The summed E-state index contributed by atoms with van der Waals surface area (Å²) in [7, 11) is 0. The molecule has 1 aliphatic rings. The number of amides is 1. The van der Waals surface area contributed by atoms with E-state index < -0.39 is 17.6 Å². The Morgan fingerprint density at radius 3 is 3.00 bits per heavy atom. The Morgan fingerprint density at radius 2 is 2.40 bits per heavy atom. The van der Waals surface area contributed by atoms with E-state index in [1.807, 2.05) is 17.5 Å². The number of rotatable bonds is 5. The number of thiophene rings is 1. The van der Waals surface area contributed by atoms with Gasteiger partial charge in [-0.2, -0.15) is 0 Å². The van der Waals surface area contributed by atoms with Gasteiger partial charge in [-0.05, 0) is 24.3 Å². The van der Waals surface area contributed by atoms with Crippen LogP contribution in [0.1, 0.15) is 17.7 Å². The topological polar surface area (TPSA) is 66.8 Å². The molecule has 1 N–H and O–H groups in total. The molecule has 1 fully saturated rings. The Bertz CT molecular complexity index is 499. The highest BCUT2D eigenvalue weighted by Crippen LogP contribution is 2.34. The molecule has 0 radical (unpaired) electrons. The van der Waals surface area contributed by atoms with Gasteiger partial charge in [-0.3, -0.25) is 4.90 Å². The number of aliphatic carboxylic acids is 1. The Kier molecular flexibility index (Phi) is 4.44. The Labute approximate surface area is 121 Å². The van der Waals surface area contributed by atoms with E-state index in [9.17, 15) is 14.7 Å². The standard InChI is InChI=1S/C14H17NO4S/c1-2-8-19-13(18)15-7-4-6-14(15,12(16)17)10-11-5-3-9-20-11/h2-3,5,9H,1,4,6-8,10H2,(H,16,17). The normalized spacial score (nSPS) is 21.7. The lowest BCUT2D eigenvalue weighted by molar-refractivity contribution is -0.148. The molecule has 0 spiro atoms. The average Bonchev–Trinajstić information content (AvgIpc) is 3.06. The van der Waals surface area contributed by atoms with E-state index in [1.54, 1.807) is 0 Å². The van der Waals surface area contributed by atoms with E-state index in [0.717, 1.165) is 4.88 Å². The van der Waals surface area contributed by atoms with Gasteiger partial charge in [0, 0.05) is 17.8 Å². The molecule has 6 heteroatoms. The number of hydrogen-bond acceptors (Lipinski definition) is 4. The Balaban J connectivity index is 2.23. The zero-order valence-corrected chi connectivity index (χ0v) is 11.9. The summed E-state index contributed by atoms with van der Waals surface area (Å²) in [5.41, 5.74) is -1.19. The van der Waals surface area contributed by atoms with Crippen molar-refractivity contribution in [2.24, 2.45) is 0 Å². The smallest absolute Gasteiger partial charge is 0.411 e. The Hall–Kier alpha value is -1.82. The maximum atomic E-state index is 12.0. The number of nitrogens with zero attached hydrogens (tertiary/aromatic N) is 1. The van der Waals surface area contributed by atoms with Crippen molar-refractivity contribution in [2.75, 3.05) is 13.2 Å². The van der Waals surface area contributed by atoms with Gasteiger partial charge in [0.2, 0.25) is 0 Å². The van der Waals surface area contributed by atoms with Crippen LogP contribution in [-0.4, -0.2) is 40.8 Å². The molecule has 0 aliphatic carbocycles. The summed E-state index contributed by atoms with van der Waals surface area (Å²) >= 11 is 1.50. The molecule has 20 heavy (non-hydrogen) atoms. The minimum absolute atomic E-state index is 0.0873. The predicted molar refractivity (Wildman–Crippen MR) is 75.9 cm³/mol. The van der Waals surface area contributed by atoms with E-state index in [-0.39, 0.29) is 6.61 Å². The van der Waals surface area contributed by atoms with Gasteiger partial charge in [0.25, 0.3) is 0 Å². The lowest BCUT2D eigenvalue weighted by Crippen LogP contribution is -2.54. The van der Waals surface area contributed by atoms with Crippen molar-refractivity contribution in [1.82, 2.24) is 4.90 Å². The third-order valence-electron chi connectivity index (χ3n) is 3.48. The summed E-state index contributed by atoms with van der Waals surface area (Å²) < 4.78 is 5.01. The molecule has 1 saturated heterocycles. The van der Waals surface area contributed by atoms with Crippen molar-refractivity contribution in [3.63, 3.8) is 0 Å². The quantitative estimate of drug-likeness (QED) is 0.848. The highest BCUT2D eigenvalue weighted by atomic mass is 32.1. The molecular formula is C14H17NO4S. The molecule has 5 nitrogen and oxygen atoms in total. The number of carboxylic acids is 1. The van der Waals surface area contributed by atoms with E-state index in [1.165, 1.54) is 22.3 Å². The van der Waals surface area contributed by atoms with E-state index in [4.69, 9.17) is 4.74 Å². The van der Waals surface area contributed by atoms with Crippen molar-refractivity contribution in [1.29, 1.82) is 0 Å². The minimum atomic E-state index is -1.19. The first kappa shape index (κ1) is 14.6. The second kappa shape index (κ2) is 6.09. The van der Waals surface area contributed by atoms with Crippen LogP contribution >= 0.6 is 11.3 Å². The number of hydrogen-bond donors (Lipinski definition) is 1.